The molecule has 0 bridgehead atoms. The Bertz CT molecular complexity index is 297. The van der Waals surface area contributed by atoms with Crippen molar-refractivity contribution in [3.8, 4) is 0 Å². The van der Waals surface area contributed by atoms with Gasteiger partial charge in [0, 0.05) is 30.5 Å². The Kier molecular flexibility index (Phi) is 4.90. The molecule has 0 aliphatic heterocycles. The van der Waals surface area contributed by atoms with E-state index in [9.17, 15) is 0 Å². The molecule has 16 heavy (non-hydrogen) atoms. The van der Waals surface area contributed by atoms with Crippen LogP contribution < -0.4 is 5.73 Å². The maximum absolute atomic E-state index is 6.10. The van der Waals surface area contributed by atoms with Gasteiger partial charge in [-0.15, -0.1) is 0 Å². The summed E-state index contributed by atoms with van der Waals surface area (Å²) in [6.07, 6.45) is 4.79. The summed E-state index contributed by atoms with van der Waals surface area (Å²) in [5.74, 6) is 0. The van der Waals surface area contributed by atoms with E-state index in [1.165, 1.54) is 5.56 Å². The van der Waals surface area contributed by atoms with E-state index in [2.05, 4.69) is 37.7 Å². The Balaban J connectivity index is 2.92. The van der Waals surface area contributed by atoms with Crippen molar-refractivity contribution in [2.45, 2.75) is 45.3 Å². The summed E-state index contributed by atoms with van der Waals surface area (Å²) < 4.78 is 0. The van der Waals surface area contributed by atoms with Crippen LogP contribution in [-0.4, -0.2) is 29.0 Å². The Morgan fingerprint density at radius 3 is 2.31 bits per heavy atom. The monoisotopic (exact) mass is 221 g/mol. The molecule has 0 amide bonds. The van der Waals surface area contributed by atoms with Crippen molar-refractivity contribution in [2.75, 3.05) is 7.05 Å². The number of hydrogen-bond acceptors (Lipinski definition) is 3. The van der Waals surface area contributed by atoms with E-state index in [0.29, 0.717) is 6.04 Å². The zero-order valence-electron chi connectivity index (χ0n) is 10.7. The van der Waals surface area contributed by atoms with Crippen LogP contribution in [-0.2, 0) is 0 Å². The molecule has 3 atom stereocenters. The average Bonchev–Trinajstić information content (AvgIpc) is 2.29. The normalized spacial score (nSPS) is 17.1. The third-order valence-electron chi connectivity index (χ3n) is 3.27. The minimum absolute atomic E-state index is 0.112. The molecule has 0 saturated heterocycles. The summed E-state index contributed by atoms with van der Waals surface area (Å²) in [6, 6.07) is 5.00. The Labute approximate surface area is 98.7 Å². The van der Waals surface area contributed by atoms with E-state index < -0.39 is 0 Å². The number of nitrogens with zero attached hydrogens (tertiary/aromatic N) is 2. The van der Waals surface area contributed by atoms with E-state index in [4.69, 9.17) is 5.73 Å². The molecule has 0 aliphatic carbocycles. The first kappa shape index (κ1) is 13.1. The van der Waals surface area contributed by atoms with Crippen molar-refractivity contribution in [1.82, 2.24) is 9.88 Å². The summed E-state index contributed by atoms with van der Waals surface area (Å²) in [5.41, 5.74) is 7.34. The summed E-state index contributed by atoms with van der Waals surface area (Å²) >= 11 is 0. The van der Waals surface area contributed by atoms with Crippen LogP contribution in [0.5, 0.6) is 0 Å². The number of likely N-dealkylation sites (N-methyl/N-ethyl adjacent to an activating group) is 1. The fourth-order valence-corrected chi connectivity index (χ4v) is 2.03. The molecule has 1 aromatic rings. The van der Waals surface area contributed by atoms with Gasteiger partial charge in [0.15, 0.2) is 0 Å². The minimum atomic E-state index is 0.112. The summed E-state index contributed by atoms with van der Waals surface area (Å²) in [5, 5.41) is 0. The Hall–Kier alpha value is -0.930. The predicted molar refractivity (Wildman–Crippen MR) is 68.1 cm³/mol. The molecule has 0 spiro atoms. The lowest BCUT2D eigenvalue weighted by Crippen LogP contribution is -2.41. The highest BCUT2D eigenvalue weighted by atomic mass is 15.2. The van der Waals surface area contributed by atoms with Crippen molar-refractivity contribution in [3.63, 3.8) is 0 Å². The molecule has 90 valence electrons. The second kappa shape index (κ2) is 5.97. The third kappa shape index (κ3) is 3.03. The van der Waals surface area contributed by atoms with Crippen LogP contribution in [0.4, 0.5) is 0 Å². The maximum Gasteiger partial charge on any atom is 0.0497 e. The van der Waals surface area contributed by atoms with Crippen molar-refractivity contribution in [3.05, 3.63) is 30.1 Å². The second-order valence-electron chi connectivity index (χ2n) is 4.51. The van der Waals surface area contributed by atoms with Gasteiger partial charge in [0.2, 0.25) is 0 Å². The molecule has 2 N–H and O–H groups in total. The van der Waals surface area contributed by atoms with Gasteiger partial charge in [-0.3, -0.25) is 9.88 Å². The molecular weight excluding hydrogens is 198 g/mol. The number of hydrogen-bond donors (Lipinski definition) is 1. The van der Waals surface area contributed by atoms with Crippen LogP contribution >= 0.6 is 0 Å². The van der Waals surface area contributed by atoms with Crippen LogP contribution in [0.1, 0.15) is 38.8 Å². The summed E-state index contributed by atoms with van der Waals surface area (Å²) in [7, 11) is 2.14. The smallest absolute Gasteiger partial charge is 0.0497 e. The Morgan fingerprint density at radius 1 is 1.31 bits per heavy atom. The van der Waals surface area contributed by atoms with E-state index in [1.807, 2.05) is 24.5 Å². The van der Waals surface area contributed by atoms with Crippen LogP contribution in [0.25, 0.3) is 0 Å². The highest BCUT2D eigenvalue weighted by Crippen LogP contribution is 2.24. The minimum Gasteiger partial charge on any atom is -0.326 e. The fraction of sp³-hybridized carbons (Fsp3) is 0.615. The van der Waals surface area contributed by atoms with Gasteiger partial charge in [-0.05, 0) is 45.0 Å². The zero-order valence-corrected chi connectivity index (χ0v) is 10.7. The van der Waals surface area contributed by atoms with Gasteiger partial charge in [-0.25, -0.2) is 0 Å². The molecule has 0 radical (unpaired) electrons. The topological polar surface area (TPSA) is 42.2 Å². The molecule has 1 heterocycles. The molecular formula is C13H23N3. The van der Waals surface area contributed by atoms with Gasteiger partial charge in [-0.2, -0.15) is 0 Å². The van der Waals surface area contributed by atoms with Crippen molar-refractivity contribution in [2.24, 2.45) is 5.73 Å². The lowest BCUT2D eigenvalue weighted by atomic mass is 9.99. The van der Waals surface area contributed by atoms with Crippen molar-refractivity contribution >= 4 is 0 Å². The van der Waals surface area contributed by atoms with Gasteiger partial charge in [0.25, 0.3) is 0 Å². The average molecular weight is 221 g/mol. The van der Waals surface area contributed by atoms with Crippen LogP contribution in [0, 0.1) is 0 Å². The Morgan fingerprint density at radius 2 is 1.88 bits per heavy atom. The van der Waals surface area contributed by atoms with Crippen LogP contribution in [0.15, 0.2) is 24.5 Å². The first-order valence-corrected chi connectivity index (χ1v) is 5.95. The van der Waals surface area contributed by atoms with Gasteiger partial charge in [0.05, 0.1) is 0 Å². The first-order chi connectivity index (χ1) is 7.57. The predicted octanol–water partition coefficient (Wildman–Crippen LogP) is 2.20. The van der Waals surface area contributed by atoms with E-state index >= 15 is 0 Å². The summed E-state index contributed by atoms with van der Waals surface area (Å²) in [4.78, 5) is 6.40. The second-order valence-corrected chi connectivity index (χ2v) is 4.51. The number of aromatic nitrogens is 1. The quantitative estimate of drug-likeness (QED) is 0.829. The highest BCUT2D eigenvalue weighted by molar-refractivity contribution is 5.17. The largest absolute Gasteiger partial charge is 0.326 e. The van der Waals surface area contributed by atoms with Crippen LogP contribution in [0.3, 0.4) is 0 Å². The van der Waals surface area contributed by atoms with E-state index in [-0.39, 0.29) is 12.1 Å². The molecule has 0 fully saturated rings. The zero-order chi connectivity index (χ0) is 12.1. The van der Waals surface area contributed by atoms with Gasteiger partial charge in [-0.1, -0.05) is 6.92 Å². The molecule has 3 nitrogen and oxygen atoms in total. The standard InChI is InChI=1S/C13H23N3/c1-5-10(2)16(4)13(11(3)14)12-6-8-15-9-7-12/h6-11,13H,5,14H2,1-4H3. The molecule has 0 aliphatic rings. The number of rotatable bonds is 5. The van der Waals surface area contributed by atoms with Crippen LogP contribution in [0.2, 0.25) is 0 Å². The molecule has 3 heteroatoms. The first-order valence-electron chi connectivity index (χ1n) is 5.95. The summed E-state index contributed by atoms with van der Waals surface area (Å²) in [6.45, 7) is 6.49. The molecule has 0 aromatic carbocycles. The van der Waals surface area contributed by atoms with E-state index in [0.717, 1.165) is 6.42 Å². The maximum atomic E-state index is 6.10. The van der Waals surface area contributed by atoms with Gasteiger partial charge >= 0.3 is 0 Å². The third-order valence-corrected chi connectivity index (χ3v) is 3.27. The lowest BCUT2D eigenvalue weighted by Gasteiger charge is -2.35. The van der Waals surface area contributed by atoms with Gasteiger partial charge in [0.1, 0.15) is 0 Å². The number of nitrogens with two attached hydrogens (primary N) is 1. The van der Waals surface area contributed by atoms with Gasteiger partial charge < -0.3 is 5.73 Å². The molecule has 1 aromatic heterocycles. The van der Waals surface area contributed by atoms with E-state index in [1.54, 1.807) is 0 Å². The number of pyridine rings is 1. The van der Waals surface area contributed by atoms with Crippen molar-refractivity contribution in [1.29, 1.82) is 0 Å². The molecule has 1 rings (SSSR count). The fourth-order valence-electron chi connectivity index (χ4n) is 2.03. The molecule has 0 saturated carbocycles. The lowest BCUT2D eigenvalue weighted by molar-refractivity contribution is 0.161. The SMILES string of the molecule is CCC(C)N(C)C(c1ccncc1)C(C)N. The van der Waals surface area contributed by atoms with Crippen molar-refractivity contribution < 1.29 is 0 Å². The highest BCUT2D eigenvalue weighted by Gasteiger charge is 2.23. The molecule has 3 unspecified atom stereocenters.